The summed E-state index contributed by atoms with van der Waals surface area (Å²) in [6.45, 7) is 2.52. The zero-order valence-electron chi connectivity index (χ0n) is 14.2. The highest BCUT2D eigenvalue weighted by molar-refractivity contribution is 5.61. The van der Waals surface area contributed by atoms with E-state index >= 15 is 0 Å². The van der Waals surface area contributed by atoms with E-state index in [0.717, 1.165) is 16.7 Å². The van der Waals surface area contributed by atoms with Gasteiger partial charge in [0.25, 0.3) is 6.43 Å². The molecule has 0 aliphatic rings. The minimum Gasteiger partial charge on any atom is -0.340 e. The number of hydrogen-bond donors (Lipinski definition) is 0. The number of aromatic nitrogens is 2. The molecule has 0 atom stereocenters. The number of aryl methyl sites for hydroxylation is 1. The Hall–Kier alpha value is -2.82. The molecule has 0 amide bonds. The largest absolute Gasteiger partial charge is 0.340 e. The second-order valence-corrected chi connectivity index (χ2v) is 5.99. The van der Waals surface area contributed by atoms with Crippen LogP contribution in [0, 0.1) is 6.92 Å². The Morgan fingerprint density at radius 1 is 0.960 bits per heavy atom. The van der Waals surface area contributed by atoms with Gasteiger partial charge in [0.2, 0.25) is 5.95 Å². The molecule has 128 valence electrons. The summed E-state index contributed by atoms with van der Waals surface area (Å²) in [5.74, 6) is 0.289. The fourth-order valence-corrected chi connectivity index (χ4v) is 2.54. The summed E-state index contributed by atoms with van der Waals surface area (Å²) >= 11 is 0. The number of alkyl halides is 2. The number of benzene rings is 2. The topological polar surface area (TPSA) is 29.0 Å². The average Bonchev–Trinajstić information content (AvgIpc) is 2.62. The summed E-state index contributed by atoms with van der Waals surface area (Å²) in [4.78, 5) is 10.3. The van der Waals surface area contributed by atoms with Gasteiger partial charge in [0, 0.05) is 19.2 Å². The summed E-state index contributed by atoms with van der Waals surface area (Å²) < 4.78 is 26.6. The quantitative estimate of drug-likeness (QED) is 0.653. The summed E-state index contributed by atoms with van der Waals surface area (Å²) in [6, 6.07) is 18.8. The third kappa shape index (κ3) is 4.18. The Morgan fingerprint density at radius 3 is 2.28 bits per heavy atom. The van der Waals surface area contributed by atoms with Gasteiger partial charge in [-0.25, -0.2) is 18.7 Å². The van der Waals surface area contributed by atoms with E-state index < -0.39 is 6.43 Å². The molecule has 0 unspecified atom stereocenters. The van der Waals surface area contributed by atoms with Crippen LogP contribution >= 0.6 is 0 Å². The first kappa shape index (κ1) is 17.0. The van der Waals surface area contributed by atoms with Crippen LogP contribution in [0.4, 0.5) is 14.7 Å². The molecule has 0 fully saturated rings. The van der Waals surface area contributed by atoms with E-state index in [2.05, 4.69) is 9.97 Å². The molecule has 0 radical (unpaired) electrons. The lowest BCUT2D eigenvalue weighted by molar-refractivity contribution is 0.146. The molecule has 1 aromatic heterocycles. The highest BCUT2D eigenvalue weighted by Crippen LogP contribution is 2.26. The Morgan fingerprint density at radius 2 is 1.64 bits per heavy atom. The van der Waals surface area contributed by atoms with Gasteiger partial charge in [-0.15, -0.1) is 0 Å². The molecular formula is C20H19F2N3. The van der Waals surface area contributed by atoms with Crippen molar-refractivity contribution in [3.8, 4) is 11.3 Å². The first-order valence-electron chi connectivity index (χ1n) is 8.02. The Kier molecular flexibility index (Phi) is 5.03. The minimum atomic E-state index is -2.64. The molecule has 0 saturated heterocycles. The van der Waals surface area contributed by atoms with Gasteiger partial charge in [-0.1, -0.05) is 60.2 Å². The third-order valence-corrected chi connectivity index (χ3v) is 3.91. The lowest BCUT2D eigenvalue weighted by atomic mass is 10.1. The summed E-state index contributed by atoms with van der Waals surface area (Å²) in [5.41, 5.74) is 3.20. The molecule has 0 saturated carbocycles. The van der Waals surface area contributed by atoms with Gasteiger partial charge >= 0.3 is 0 Å². The Bertz CT molecular complexity index is 833. The van der Waals surface area contributed by atoms with Crippen molar-refractivity contribution in [2.75, 3.05) is 11.9 Å². The first-order chi connectivity index (χ1) is 12.0. The number of nitrogens with zero attached hydrogens (tertiary/aromatic N) is 3. The molecular weight excluding hydrogens is 320 g/mol. The van der Waals surface area contributed by atoms with Crippen molar-refractivity contribution < 1.29 is 8.78 Å². The van der Waals surface area contributed by atoms with Crippen molar-refractivity contribution >= 4 is 5.95 Å². The standard InChI is InChI=1S/C20H19F2N3/c1-14-8-10-16(11-9-14)17-12-18(19(21)22)24-20(23-17)25(2)13-15-6-4-3-5-7-15/h3-12,19H,13H2,1-2H3. The average molecular weight is 339 g/mol. The third-order valence-electron chi connectivity index (χ3n) is 3.91. The maximum absolute atomic E-state index is 13.3. The van der Waals surface area contributed by atoms with E-state index in [9.17, 15) is 8.78 Å². The van der Waals surface area contributed by atoms with Crippen LogP contribution in [-0.4, -0.2) is 17.0 Å². The molecule has 3 aromatic rings. The SMILES string of the molecule is Cc1ccc(-c2cc(C(F)F)nc(N(C)Cc3ccccc3)n2)cc1. The monoisotopic (exact) mass is 339 g/mol. The van der Waals surface area contributed by atoms with Gasteiger partial charge in [0.15, 0.2) is 0 Å². The van der Waals surface area contributed by atoms with Crippen LogP contribution in [0.5, 0.6) is 0 Å². The maximum atomic E-state index is 13.3. The lowest BCUT2D eigenvalue weighted by Gasteiger charge is -2.19. The molecule has 0 N–H and O–H groups in total. The highest BCUT2D eigenvalue weighted by Gasteiger charge is 2.16. The van der Waals surface area contributed by atoms with Gasteiger partial charge in [0.1, 0.15) is 5.69 Å². The summed E-state index contributed by atoms with van der Waals surface area (Å²) in [5, 5.41) is 0. The molecule has 1 heterocycles. The molecule has 3 rings (SSSR count). The van der Waals surface area contributed by atoms with Crippen LogP contribution in [0.15, 0.2) is 60.7 Å². The van der Waals surface area contributed by atoms with E-state index in [-0.39, 0.29) is 11.6 Å². The second-order valence-electron chi connectivity index (χ2n) is 5.99. The highest BCUT2D eigenvalue weighted by atomic mass is 19.3. The van der Waals surface area contributed by atoms with Crippen LogP contribution in [0.3, 0.4) is 0 Å². The van der Waals surface area contributed by atoms with Gasteiger partial charge < -0.3 is 4.90 Å². The first-order valence-corrected chi connectivity index (χ1v) is 8.02. The van der Waals surface area contributed by atoms with Crippen molar-refractivity contribution in [2.24, 2.45) is 0 Å². The minimum absolute atomic E-state index is 0.263. The molecule has 0 spiro atoms. The molecule has 0 bridgehead atoms. The molecule has 2 aromatic carbocycles. The van der Waals surface area contributed by atoms with Crippen LogP contribution < -0.4 is 4.90 Å². The number of hydrogen-bond acceptors (Lipinski definition) is 3. The van der Waals surface area contributed by atoms with E-state index in [1.165, 1.54) is 6.07 Å². The van der Waals surface area contributed by atoms with Crippen molar-refractivity contribution in [3.63, 3.8) is 0 Å². The van der Waals surface area contributed by atoms with Gasteiger partial charge in [-0.3, -0.25) is 0 Å². The lowest BCUT2D eigenvalue weighted by Crippen LogP contribution is -2.20. The van der Waals surface area contributed by atoms with Crippen molar-refractivity contribution in [1.82, 2.24) is 9.97 Å². The zero-order chi connectivity index (χ0) is 17.8. The molecule has 25 heavy (non-hydrogen) atoms. The van der Waals surface area contributed by atoms with E-state index in [1.807, 2.05) is 61.5 Å². The van der Waals surface area contributed by atoms with Gasteiger partial charge in [0.05, 0.1) is 5.69 Å². The second kappa shape index (κ2) is 7.38. The van der Waals surface area contributed by atoms with Gasteiger partial charge in [-0.05, 0) is 18.6 Å². The van der Waals surface area contributed by atoms with Gasteiger partial charge in [-0.2, -0.15) is 0 Å². The maximum Gasteiger partial charge on any atom is 0.280 e. The predicted molar refractivity (Wildman–Crippen MR) is 95.7 cm³/mol. The van der Waals surface area contributed by atoms with Crippen molar-refractivity contribution in [1.29, 1.82) is 0 Å². The Balaban J connectivity index is 1.96. The number of anilines is 1. The fourth-order valence-electron chi connectivity index (χ4n) is 2.54. The van der Waals surface area contributed by atoms with Crippen molar-refractivity contribution in [3.05, 3.63) is 77.5 Å². The number of rotatable bonds is 5. The van der Waals surface area contributed by atoms with Crippen LogP contribution in [0.1, 0.15) is 23.2 Å². The predicted octanol–water partition coefficient (Wildman–Crippen LogP) is 5.03. The summed E-state index contributed by atoms with van der Waals surface area (Å²) in [6.07, 6.45) is -2.64. The molecule has 0 aliphatic carbocycles. The van der Waals surface area contributed by atoms with Crippen LogP contribution in [0.25, 0.3) is 11.3 Å². The Labute approximate surface area is 146 Å². The molecule has 5 heteroatoms. The smallest absolute Gasteiger partial charge is 0.280 e. The number of halogens is 2. The van der Waals surface area contributed by atoms with Crippen LogP contribution in [0.2, 0.25) is 0 Å². The van der Waals surface area contributed by atoms with Crippen molar-refractivity contribution in [2.45, 2.75) is 19.9 Å². The van der Waals surface area contributed by atoms with E-state index in [0.29, 0.717) is 12.2 Å². The van der Waals surface area contributed by atoms with E-state index in [1.54, 1.807) is 11.9 Å². The van der Waals surface area contributed by atoms with Crippen LogP contribution in [-0.2, 0) is 6.54 Å². The summed E-state index contributed by atoms with van der Waals surface area (Å²) in [7, 11) is 1.80. The molecule has 0 aliphatic heterocycles. The van der Waals surface area contributed by atoms with E-state index in [4.69, 9.17) is 0 Å². The fraction of sp³-hybridized carbons (Fsp3) is 0.200. The normalized spacial score (nSPS) is 10.9. The zero-order valence-corrected chi connectivity index (χ0v) is 14.2. The molecule has 3 nitrogen and oxygen atoms in total.